The van der Waals surface area contributed by atoms with E-state index in [-0.39, 0.29) is 12.1 Å². The Bertz CT molecular complexity index is 421. The minimum absolute atomic E-state index is 0.0836. The Morgan fingerprint density at radius 2 is 2.30 bits per heavy atom. The summed E-state index contributed by atoms with van der Waals surface area (Å²) >= 11 is 1.52. The van der Waals surface area contributed by atoms with Crippen molar-refractivity contribution in [3.63, 3.8) is 0 Å². The van der Waals surface area contributed by atoms with Crippen molar-refractivity contribution in [2.75, 3.05) is 19.0 Å². The predicted molar refractivity (Wildman–Crippen MR) is 76.7 cm³/mol. The van der Waals surface area contributed by atoms with Crippen LogP contribution < -0.4 is 0 Å². The summed E-state index contributed by atoms with van der Waals surface area (Å²) in [6.07, 6.45) is 3.33. The van der Waals surface area contributed by atoms with E-state index in [1.54, 1.807) is 0 Å². The fourth-order valence-electron chi connectivity index (χ4n) is 2.11. The molecule has 1 aliphatic rings. The molecule has 112 valence electrons. The van der Waals surface area contributed by atoms with E-state index in [1.165, 1.54) is 11.8 Å². The molecule has 0 aromatic carbocycles. The molecule has 1 atom stereocenters. The van der Waals surface area contributed by atoms with Crippen LogP contribution >= 0.6 is 11.8 Å². The second-order valence-electron chi connectivity index (χ2n) is 4.97. The van der Waals surface area contributed by atoms with Gasteiger partial charge in [-0.05, 0) is 33.1 Å². The monoisotopic (exact) mass is 299 g/mol. The molecule has 1 aromatic heterocycles. The van der Waals surface area contributed by atoms with Crippen molar-refractivity contribution in [1.29, 1.82) is 0 Å². The van der Waals surface area contributed by atoms with Gasteiger partial charge in [0.15, 0.2) is 0 Å². The molecule has 1 aromatic rings. The van der Waals surface area contributed by atoms with Crippen molar-refractivity contribution in [2.24, 2.45) is 0 Å². The van der Waals surface area contributed by atoms with Gasteiger partial charge in [-0.2, -0.15) is 0 Å². The van der Waals surface area contributed by atoms with Crippen LogP contribution in [-0.4, -0.2) is 36.2 Å². The van der Waals surface area contributed by atoms with E-state index in [0.29, 0.717) is 12.4 Å². The van der Waals surface area contributed by atoms with E-state index in [9.17, 15) is 4.79 Å². The third kappa shape index (κ3) is 4.52. The van der Waals surface area contributed by atoms with E-state index >= 15 is 0 Å². The SMILES string of the molecule is Cc1noc(C)c1CSCC(=O)OCC1CCCCO1. The first-order chi connectivity index (χ1) is 9.66. The van der Waals surface area contributed by atoms with Crippen LogP contribution in [0.15, 0.2) is 4.52 Å². The molecule has 20 heavy (non-hydrogen) atoms. The standard InChI is InChI=1S/C14H21NO4S/c1-10-13(11(2)19-15-10)8-20-9-14(16)18-7-12-5-3-4-6-17-12/h12H,3-9H2,1-2H3. The maximum atomic E-state index is 11.6. The van der Waals surface area contributed by atoms with Gasteiger partial charge < -0.3 is 14.0 Å². The molecule has 0 saturated carbocycles. The average Bonchev–Trinajstić information content (AvgIpc) is 2.78. The van der Waals surface area contributed by atoms with Crippen LogP contribution in [-0.2, 0) is 20.0 Å². The minimum Gasteiger partial charge on any atom is -0.462 e. The molecule has 1 saturated heterocycles. The second-order valence-corrected chi connectivity index (χ2v) is 5.95. The summed E-state index contributed by atoms with van der Waals surface area (Å²) < 4.78 is 15.8. The van der Waals surface area contributed by atoms with Crippen LogP contribution in [0.1, 0.15) is 36.3 Å². The molecule has 6 heteroatoms. The molecule has 0 spiro atoms. The number of carbonyl (C=O) groups excluding carboxylic acids is 1. The van der Waals surface area contributed by atoms with Gasteiger partial charge in [-0.1, -0.05) is 5.16 Å². The fraction of sp³-hybridized carbons (Fsp3) is 0.714. The molecule has 5 nitrogen and oxygen atoms in total. The summed E-state index contributed by atoms with van der Waals surface area (Å²) in [6, 6.07) is 0. The topological polar surface area (TPSA) is 61.6 Å². The van der Waals surface area contributed by atoms with E-state index in [1.807, 2.05) is 13.8 Å². The molecule has 0 bridgehead atoms. The normalized spacial score (nSPS) is 19.0. The summed E-state index contributed by atoms with van der Waals surface area (Å²) in [7, 11) is 0. The van der Waals surface area contributed by atoms with Crippen LogP contribution in [0.4, 0.5) is 0 Å². The summed E-state index contributed by atoms with van der Waals surface area (Å²) in [6.45, 7) is 4.95. The van der Waals surface area contributed by atoms with Crippen molar-refractivity contribution in [3.8, 4) is 0 Å². The highest BCUT2D eigenvalue weighted by molar-refractivity contribution is 7.99. The number of hydrogen-bond donors (Lipinski definition) is 0. The lowest BCUT2D eigenvalue weighted by Gasteiger charge is -2.21. The maximum absolute atomic E-state index is 11.6. The Balaban J connectivity index is 1.62. The van der Waals surface area contributed by atoms with Crippen molar-refractivity contribution in [3.05, 3.63) is 17.0 Å². The van der Waals surface area contributed by atoms with Gasteiger partial charge in [0, 0.05) is 17.9 Å². The van der Waals surface area contributed by atoms with E-state index < -0.39 is 0 Å². The molecule has 1 aliphatic heterocycles. The molecule has 0 amide bonds. The van der Waals surface area contributed by atoms with Gasteiger partial charge >= 0.3 is 5.97 Å². The zero-order valence-corrected chi connectivity index (χ0v) is 12.8. The zero-order chi connectivity index (χ0) is 14.4. The lowest BCUT2D eigenvalue weighted by Crippen LogP contribution is -2.26. The zero-order valence-electron chi connectivity index (χ0n) is 12.0. The third-order valence-electron chi connectivity index (χ3n) is 3.35. The largest absolute Gasteiger partial charge is 0.462 e. The van der Waals surface area contributed by atoms with Crippen LogP contribution in [0, 0.1) is 13.8 Å². The van der Waals surface area contributed by atoms with Crippen molar-refractivity contribution in [2.45, 2.75) is 45.0 Å². The quantitative estimate of drug-likeness (QED) is 0.753. The smallest absolute Gasteiger partial charge is 0.315 e. The first-order valence-electron chi connectivity index (χ1n) is 6.93. The van der Waals surface area contributed by atoms with E-state index in [0.717, 1.165) is 48.6 Å². The van der Waals surface area contributed by atoms with E-state index in [4.69, 9.17) is 14.0 Å². The molecule has 0 aliphatic carbocycles. The highest BCUT2D eigenvalue weighted by Gasteiger charge is 2.16. The fourth-order valence-corrected chi connectivity index (χ4v) is 3.08. The molecule has 2 rings (SSSR count). The first-order valence-corrected chi connectivity index (χ1v) is 8.09. The van der Waals surface area contributed by atoms with Gasteiger partial charge in [0.25, 0.3) is 0 Å². The number of rotatable bonds is 6. The Morgan fingerprint density at radius 1 is 1.45 bits per heavy atom. The average molecular weight is 299 g/mol. The predicted octanol–water partition coefficient (Wildman–Crippen LogP) is 2.64. The summed E-state index contributed by atoms with van der Waals surface area (Å²) in [5, 5.41) is 3.89. The van der Waals surface area contributed by atoms with Gasteiger partial charge in [0.05, 0.1) is 17.6 Å². The van der Waals surface area contributed by atoms with Crippen LogP contribution in [0.5, 0.6) is 0 Å². The van der Waals surface area contributed by atoms with E-state index in [2.05, 4.69) is 5.16 Å². The lowest BCUT2D eigenvalue weighted by atomic mass is 10.1. The van der Waals surface area contributed by atoms with Gasteiger partial charge in [-0.3, -0.25) is 4.79 Å². The molecule has 1 fully saturated rings. The number of nitrogens with zero attached hydrogens (tertiary/aromatic N) is 1. The van der Waals surface area contributed by atoms with Crippen LogP contribution in [0.3, 0.4) is 0 Å². The number of thioether (sulfide) groups is 1. The minimum atomic E-state index is -0.184. The molecule has 1 unspecified atom stereocenters. The Hall–Kier alpha value is -1.01. The number of ether oxygens (including phenoxy) is 2. The molecular weight excluding hydrogens is 278 g/mol. The lowest BCUT2D eigenvalue weighted by molar-refractivity contribution is -0.145. The highest BCUT2D eigenvalue weighted by Crippen LogP contribution is 2.19. The first kappa shape index (κ1) is 15.4. The number of aromatic nitrogens is 1. The maximum Gasteiger partial charge on any atom is 0.315 e. The Labute approximate surface area is 123 Å². The third-order valence-corrected chi connectivity index (χ3v) is 4.28. The van der Waals surface area contributed by atoms with Crippen molar-refractivity contribution < 1.29 is 18.8 Å². The second kappa shape index (κ2) is 7.69. The van der Waals surface area contributed by atoms with Crippen molar-refractivity contribution in [1.82, 2.24) is 5.16 Å². The van der Waals surface area contributed by atoms with Gasteiger partial charge in [0.1, 0.15) is 12.4 Å². The van der Waals surface area contributed by atoms with Gasteiger partial charge in [-0.15, -0.1) is 11.8 Å². The van der Waals surface area contributed by atoms with Crippen molar-refractivity contribution >= 4 is 17.7 Å². The number of aryl methyl sites for hydroxylation is 2. The number of hydrogen-bond acceptors (Lipinski definition) is 6. The van der Waals surface area contributed by atoms with Crippen LogP contribution in [0.25, 0.3) is 0 Å². The summed E-state index contributed by atoms with van der Waals surface area (Å²) in [5.41, 5.74) is 1.96. The molecule has 0 N–H and O–H groups in total. The summed E-state index contributed by atoms with van der Waals surface area (Å²) in [4.78, 5) is 11.6. The molecule has 2 heterocycles. The highest BCUT2D eigenvalue weighted by atomic mass is 32.2. The Kier molecular flexibility index (Phi) is 5.91. The Morgan fingerprint density at radius 3 is 2.95 bits per heavy atom. The van der Waals surface area contributed by atoms with Crippen LogP contribution in [0.2, 0.25) is 0 Å². The summed E-state index contributed by atoms with van der Waals surface area (Å²) in [5.74, 6) is 1.70. The number of carbonyl (C=O) groups is 1. The molecule has 0 radical (unpaired) electrons. The molecular formula is C14H21NO4S. The van der Waals surface area contributed by atoms with Gasteiger partial charge in [-0.25, -0.2) is 0 Å². The van der Waals surface area contributed by atoms with Gasteiger partial charge in [0.2, 0.25) is 0 Å². The number of esters is 1.